The number of para-hydroxylation sites is 1. The van der Waals surface area contributed by atoms with Crippen LogP contribution >= 0.6 is 12.4 Å². The molecular weight excluding hydrogens is 342 g/mol. The Balaban J connectivity index is 0.00000196. The Morgan fingerprint density at radius 2 is 1.58 bits per heavy atom. The van der Waals surface area contributed by atoms with Crippen molar-refractivity contribution in [3.63, 3.8) is 0 Å². The fourth-order valence-corrected chi connectivity index (χ4v) is 3.43. The molecule has 0 bridgehead atoms. The molecule has 1 unspecified atom stereocenters. The van der Waals surface area contributed by atoms with Crippen molar-refractivity contribution in [2.45, 2.75) is 25.5 Å². The first kappa shape index (κ1) is 18.5. The van der Waals surface area contributed by atoms with Crippen molar-refractivity contribution in [3.8, 4) is 16.9 Å². The Morgan fingerprint density at radius 3 is 2.31 bits per heavy atom. The van der Waals surface area contributed by atoms with Crippen molar-refractivity contribution in [1.29, 1.82) is 0 Å². The third-order valence-electron chi connectivity index (χ3n) is 4.81. The molecule has 4 rings (SSSR count). The highest BCUT2D eigenvalue weighted by molar-refractivity contribution is 5.85. The maximum atomic E-state index is 6.10. The van der Waals surface area contributed by atoms with E-state index in [0.29, 0.717) is 12.6 Å². The van der Waals surface area contributed by atoms with E-state index in [1.54, 1.807) is 0 Å². The summed E-state index contributed by atoms with van der Waals surface area (Å²) < 4.78 is 6.10. The fourth-order valence-electron chi connectivity index (χ4n) is 3.43. The smallest absolute Gasteiger partial charge is 0.127 e. The molecule has 1 saturated heterocycles. The number of benzene rings is 3. The molecule has 1 aliphatic rings. The predicted molar refractivity (Wildman–Crippen MR) is 110 cm³/mol. The minimum atomic E-state index is 0. The molecule has 1 aliphatic heterocycles. The number of hydrogen-bond donors (Lipinski definition) is 1. The summed E-state index contributed by atoms with van der Waals surface area (Å²) in [4.78, 5) is 0. The molecule has 1 fully saturated rings. The Hall–Kier alpha value is -2.29. The molecule has 0 aliphatic carbocycles. The van der Waals surface area contributed by atoms with Crippen LogP contribution in [0.4, 0.5) is 0 Å². The van der Waals surface area contributed by atoms with Crippen LogP contribution in [0.1, 0.15) is 30.0 Å². The highest BCUT2D eigenvalue weighted by Gasteiger charge is 2.16. The van der Waals surface area contributed by atoms with Crippen LogP contribution in [0, 0.1) is 0 Å². The molecule has 0 saturated carbocycles. The first-order valence-electron chi connectivity index (χ1n) is 8.99. The van der Waals surface area contributed by atoms with Gasteiger partial charge in [0, 0.05) is 11.6 Å². The van der Waals surface area contributed by atoms with Crippen LogP contribution < -0.4 is 10.1 Å². The van der Waals surface area contributed by atoms with Gasteiger partial charge in [0.25, 0.3) is 0 Å². The fraction of sp³-hybridized carbons (Fsp3) is 0.217. The van der Waals surface area contributed by atoms with Gasteiger partial charge < -0.3 is 10.1 Å². The summed E-state index contributed by atoms with van der Waals surface area (Å²) >= 11 is 0. The largest absolute Gasteiger partial charge is 0.488 e. The highest BCUT2D eigenvalue weighted by Crippen LogP contribution is 2.32. The second kappa shape index (κ2) is 8.88. The van der Waals surface area contributed by atoms with E-state index in [1.165, 1.54) is 29.5 Å². The van der Waals surface area contributed by atoms with Gasteiger partial charge >= 0.3 is 0 Å². The molecule has 3 aromatic carbocycles. The molecule has 0 amide bonds. The summed E-state index contributed by atoms with van der Waals surface area (Å²) in [5, 5.41) is 3.56. The van der Waals surface area contributed by atoms with Crippen molar-refractivity contribution in [2.75, 3.05) is 6.54 Å². The van der Waals surface area contributed by atoms with Crippen molar-refractivity contribution < 1.29 is 4.74 Å². The lowest BCUT2D eigenvalue weighted by Crippen LogP contribution is -2.12. The third-order valence-corrected chi connectivity index (χ3v) is 4.81. The van der Waals surface area contributed by atoms with Gasteiger partial charge in [-0.2, -0.15) is 0 Å². The molecule has 26 heavy (non-hydrogen) atoms. The lowest BCUT2D eigenvalue weighted by Gasteiger charge is -2.14. The summed E-state index contributed by atoms with van der Waals surface area (Å²) in [5.41, 5.74) is 4.90. The van der Waals surface area contributed by atoms with Crippen molar-refractivity contribution in [1.82, 2.24) is 5.32 Å². The Labute approximate surface area is 161 Å². The molecule has 0 radical (unpaired) electrons. The van der Waals surface area contributed by atoms with Crippen molar-refractivity contribution >= 4 is 12.4 Å². The van der Waals surface area contributed by atoms with Crippen LogP contribution in [-0.2, 0) is 6.61 Å². The first-order chi connectivity index (χ1) is 12.4. The van der Waals surface area contributed by atoms with E-state index >= 15 is 0 Å². The normalized spacial score (nSPS) is 16.1. The van der Waals surface area contributed by atoms with Crippen LogP contribution in [0.25, 0.3) is 11.1 Å². The minimum absolute atomic E-state index is 0. The summed E-state index contributed by atoms with van der Waals surface area (Å²) in [7, 11) is 0. The molecule has 2 nitrogen and oxygen atoms in total. The Kier molecular flexibility index (Phi) is 6.32. The van der Waals surface area contributed by atoms with Gasteiger partial charge in [-0.1, -0.05) is 72.8 Å². The zero-order valence-electron chi connectivity index (χ0n) is 14.7. The van der Waals surface area contributed by atoms with Crippen molar-refractivity contribution in [2.24, 2.45) is 0 Å². The van der Waals surface area contributed by atoms with E-state index < -0.39 is 0 Å². The average molecular weight is 366 g/mol. The predicted octanol–water partition coefficient (Wildman–Crippen LogP) is 5.78. The number of hydrogen-bond acceptors (Lipinski definition) is 2. The van der Waals surface area contributed by atoms with E-state index in [0.717, 1.165) is 17.9 Å². The number of rotatable bonds is 5. The zero-order chi connectivity index (χ0) is 16.9. The maximum absolute atomic E-state index is 6.10. The molecule has 1 atom stereocenters. The maximum Gasteiger partial charge on any atom is 0.127 e. The summed E-state index contributed by atoms with van der Waals surface area (Å²) in [6.45, 7) is 1.71. The molecule has 1 heterocycles. The van der Waals surface area contributed by atoms with Crippen molar-refractivity contribution in [3.05, 3.63) is 90.0 Å². The molecule has 1 N–H and O–H groups in total. The van der Waals surface area contributed by atoms with E-state index in [4.69, 9.17) is 4.74 Å². The topological polar surface area (TPSA) is 21.3 Å². The average Bonchev–Trinajstić information content (AvgIpc) is 3.22. The Morgan fingerprint density at radius 1 is 0.846 bits per heavy atom. The molecule has 134 valence electrons. The Bertz CT molecular complexity index is 811. The molecule has 0 spiro atoms. The number of ether oxygens (including phenoxy) is 1. The molecule has 0 aromatic heterocycles. The van der Waals surface area contributed by atoms with Gasteiger partial charge in [-0.25, -0.2) is 0 Å². The van der Waals surface area contributed by atoms with Crippen LogP contribution in [0.3, 0.4) is 0 Å². The summed E-state index contributed by atoms with van der Waals surface area (Å²) in [5.74, 6) is 0.929. The van der Waals surface area contributed by atoms with Gasteiger partial charge in [-0.15, -0.1) is 12.4 Å². The lowest BCUT2D eigenvalue weighted by atomic mass is 9.99. The quantitative estimate of drug-likeness (QED) is 0.618. The van der Waals surface area contributed by atoms with E-state index in [-0.39, 0.29) is 12.4 Å². The second-order valence-electron chi connectivity index (χ2n) is 6.54. The molecule has 3 heteroatoms. The SMILES string of the molecule is Cl.c1ccc(COc2ccccc2-c2ccc(C3CCCN3)cc2)cc1. The van der Waals surface area contributed by atoms with E-state index in [1.807, 2.05) is 30.3 Å². The zero-order valence-corrected chi connectivity index (χ0v) is 15.5. The van der Waals surface area contributed by atoms with E-state index in [9.17, 15) is 0 Å². The highest BCUT2D eigenvalue weighted by atomic mass is 35.5. The van der Waals surface area contributed by atoms with Crippen LogP contribution in [0.15, 0.2) is 78.9 Å². The van der Waals surface area contributed by atoms with Gasteiger partial charge in [-0.3, -0.25) is 0 Å². The monoisotopic (exact) mass is 365 g/mol. The van der Waals surface area contributed by atoms with Crippen LogP contribution in [0.5, 0.6) is 5.75 Å². The van der Waals surface area contributed by atoms with Crippen LogP contribution in [-0.4, -0.2) is 6.54 Å². The summed E-state index contributed by atoms with van der Waals surface area (Å²) in [6.07, 6.45) is 2.50. The van der Waals surface area contributed by atoms with Crippen LogP contribution in [0.2, 0.25) is 0 Å². The molecular formula is C23H24ClNO. The van der Waals surface area contributed by atoms with Gasteiger partial charge in [0.1, 0.15) is 12.4 Å². The standard InChI is InChI=1S/C23H23NO.ClH/c1-2-7-18(8-3-1)17-25-23-11-5-4-9-21(23)19-12-14-20(15-13-19)22-10-6-16-24-22;/h1-5,7-9,11-15,22,24H,6,10,16-17H2;1H. The summed E-state index contributed by atoms with van der Waals surface area (Å²) in [6, 6.07) is 28.0. The first-order valence-corrected chi connectivity index (χ1v) is 8.99. The van der Waals surface area contributed by atoms with E-state index in [2.05, 4.69) is 53.8 Å². The van der Waals surface area contributed by atoms with Gasteiger partial charge in [-0.05, 0) is 42.1 Å². The third kappa shape index (κ3) is 4.27. The number of halogens is 1. The van der Waals surface area contributed by atoms with Gasteiger partial charge in [0.15, 0.2) is 0 Å². The molecule has 3 aromatic rings. The lowest BCUT2D eigenvalue weighted by molar-refractivity contribution is 0.307. The number of nitrogens with one attached hydrogen (secondary N) is 1. The van der Waals surface area contributed by atoms with Gasteiger partial charge in [0.05, 0.1) is 0 Å². The van der Waals surface area contributed by atoms with Gasteiger partial charge in [0.2, 0.25) is 0 Å². The minimum Gasteiger partial charge on any atom is -0.488 e. The second-order valence-corrected chi connectivity index (χ2v) is 6.54.